The molecular formula is C10H17N3O. The van der Waals surface area contributed by atoms with E-state index in [1.54, 1.807) is 18.5 Å². The molecule has 1 aromatic heterocycles. The third-order valence-corrected chi connectivity index (χ3v) is 2.60. The molecule has 0 aliphatic carbocycles. The number of hydrogen-bond donors (Lipinski definition) is 2. The first kappa shape index (κ1) is 10.9. The highest BCUT2D eigenvalue weighted by Crippen LogP contribution is 2.18. The molecule has 0 amide bonds. The van der Waals surface area contributed by atoms with Crippen LogP contribution in [-0.4, -0.2) is 27.2 Å². The minimum atomic E-state index is -0.290. The summed E-state index contributed by atoms with van der Waals surface area (Å²) in [5.41, 5.74) is -0.290. The van der Waals surface area contributed by atoms with E-state index in [1.165, 1.54) is 0 Å². The van der Waals surface area contributed by atoms with Gasteiger partial charge in [-0.3, -0.25) is 0 Å². The van der Waals surface area contributed by atoms with Gasteiger partial charge in [-0.2, -0.15) is 0 Å². The average Bonchev–Trinajstić information content (AvgIpc) is 2.28. The van der Waals surface area contributed by atoms with Crippen molar-refractivity contribution in [2.45, 2.75) is 32.2 Å². The summed E-state index contributed by atoms with van der Waals surface area (Å²) >= 11 is 0. The Kier molecular flexibility index (Phi) is 3.83. The number of hydrogen-bond acceptors (Lipinski definition) is 4. The molecule has 2 N–H and O–H groups in total. The largest absolute Gasteiger partial charge is 0.394 e. The van der Waals surface area contributed by atoms with Crippen LogP contribution in [0.5, 0.6) is 0 Å². The number of aliphatic hydroxyl groups excluding tert-OH is 1. The van der Waals surface area contributed by atoms with Gasteiger partial charge >= 0.3 is 0 Å². The molecule has 4 nitrogen and oxygen atoms in total. The van der Waals surface area contributed by atoms with E-state index in [4.69, 9.17) is 0 Å². The number of nitrogens with zero attached hydrogens (tertiary/aromatic N) is 2. The van der Waals surface area contributed by atoms with Crippen LogP contribution in [0.25, 0.3) is 0 Å². The van der Waals surface area contributed by atoms with Gasteiger partial charge in [-0.05, 0) is 18.9 Å². The average molecular weight is 195 g/mol. The molecule has 0 atom stereocenters. The van der Waals surface area contributed by atoms with E-state index in [2.05, 4.69) is 15.3 Å². The number of rotatable bonds is 5. The Morgan fingerprint density at radius 1 is 1.29 bits per heavy atom. The van der Waals surface area contributed by atoms with Gasteiger partial charge in [-0.15, -0.1) is 0 Å². The highest BCUT2D eigenvalue weighted by molar-refractivity contribution is 5.28. The summed E-state index contributed by atoms with van der Waals surface area (Å²) in [6.07, 6.45) is 5.06. The van der Waals surface area contributed by atoms with Crippen LogP contribution in [0.3, 0.4) is 0 Å². The summed E-state index contributed by atoms with van der Waals surface area (Å²) in [5, 5.41) is 12.5. The van der Waals surface area contributed by atoms with Gasteiger partial charge in [-0.25, -0.2) is 9.97 Å². The summed E-state index contributed by atoms with van der Waals surface area (Å²) in [6.45, 7) is 4.17. The molecule has 1 heterocycles. The lowest BCUT2D eigenvalue weighted by Gasteiger charge is -2.30. The zero-order valence-corrected chi connectivity index (χ0v) is 8.70. The van der Waals surface area contributed by atoms with Crippen molar-refractivity contribution < 1.29 is 5.11 Å². The van der Waals surface area contributed by atoms with E-state index in [0.29, 0.717) is 5.95 Å². The molecule has 0 radical (unpaired) electrons. The summed E-state index contributed by atoms with van der Waals surface area (Å²) < 4.78 is 0. The Morgan fingerprint density at radius 3 is 2.29 bits per heavy atom. The van der Waals surface area contributed by atoms with Gasteiger partial charge in [0.25, 0.3) is 0 Å². The molecule has 0 aliphatic heterocycles. The van der Waals surface area contributed by atoms with Crippen LogP contribution in [0.15, 0.2) is 18.5 Å². The molecule has 0 bridgehead atoms. The Bertz CT molecular complexity index is 251. The van der Waals surface area contributed by atoms with Gasteiger partial charge in [0, 0.05) is 12.4 Å². The number of nitrogens with one attached hydrogen (secondary N) is 1. The molecule has 0 aliphatic rings. The monoisotopic (exact) mass is 195 g/mol. The molecule has 0 spiro atoms. The van der Waals surface area contributed by atoms with E-state index in [0.717, 1.165) is 12.8 Å². The smallest absolute Gasteiger partial charge is 0.223 e. The molecule has 1 aromatic rings. The van der Waals surface area contributed by atoms with Gasteiger partial charge in [0.1, 0.15) is 0 Å². The molecule has 0 fully saturated rings. The maximum Gasteiger partial charge on any atom is 0.223 e. The third-order valence-electron chi connectivity index (χ3n) is 2.60. The van der Waals surface area contributed by atoms with Crippen LogP contribution < -0.4 is 5.32 Å². The Labute approximate surface area is 84.4 Å². The van der Waals surface area contributed by atoms with E-state index < -0.39 is 0 Å². The molecule has 78 valence electrons. The van der Waals surface area contributed by atoms with Crippen molar-refractivity contribution in [3.8, 4) is 0 Å². The second kappa shape index (κ2) is 4.91. The predicted octanol–water partition coefficient (Wildman–Crippen LogP) is 1.44. The van der Waals surface area contributed by atoms with E-state index in [1.807, 2.05) is 13.8 Å². The molecule has 0 unspecified atom stereocenters. The minimum Gasteiger partial charge on any atom is -0.394 e. The lowest BCUT2D eigenvalue weighted by molar-refractivity contribution is 0.201. The van der Waals surface area contributed by atoms with Crippen molar-refractivity contribution in [1.29, 1.82) is 0 Å². The van der Waals surface area contributed by atoms with Crippen molar-refractivity contribution in [2.24, 2.45) is 0 Å². The van der Waals surface area contributed by atoms with Gasteiger partial charge in [-0.1, -0.05) is 13.8 Å². The Morgan fingerprint density at radius 2 is 1.86 bits per heavy atom. The van der Waals surface area contributed by atoms with Crippen LogP contribution in [0.2, 0.25) is 0 Å². The summed E-state index contributed by atoms with van der Waals surface area (Å²) in [7, 11) is 0. The van der Waals surface area contributed by atoms with Crippen LogP contribution in [-0.2, 0) is 0 Å². The van der Waals surface area contributed by atoms with Crippen molar-refractivity contribution in [1.82, 2.24) is 9.97 Å². The van der Waals surface area contributed by atoms with E-state index in [-0.39, 0.29) is 12.1 Å². The Hall–Kier alpha value is -1.16. The van der Waals surface area contributed by atoms with Crippen LogP contribution in [0, 0.1) is 0 Å². The maximum atomic E-state index is 9.32. The maximum absolute atomic E-state index is 9.32. The molecular weight excluding hydrogens is 178 g/mol. The fraction of sp³-hybridized carbons (Fsp3) is 0.600. The predicted molar refractivity (Wildman–Crippen MR) is 56.1 cm³/mol. The van der Waals surface area contributed by atoms with Crippen LogP contribution in [0.4, 0.5) is 5.95 Å². The van der Waals surface area contributed by atoms with Crippen molar-refractivity contribution in [2.75, 3.05) is 11.9 Å². The van der Waals surface area contributed by atoms with Gasteiger partial charge in [0.15, 0.2) is 0 Å². The topological polar surface area (TPSA) is 58.0 Å². The third kappa shape index (κ3) is 2.42. The lowest BCUT2D eigenvalue weighted by Crippen LogP contribution is -2.41. The second-order valence-electron chi connectivity index (χ2n) is 3.34. The molecule has 0 saturated heterocycles. The van der Waals surface area contributed by atoms with E-state index >= 15 is 0 Å². The zero-order valence-electron chi connectivity index (χ0n) is 8.70. The highest BCUT2D eigenvalue weighted by atomic mass is 16.3. The second-order valence-corrected chi connectivity index (χ2v) is 3.34. The summed E-state index contributed by atoms with van der Waals surface area (Å²) in [6, 6.07) is 1.77. The standard InChI is InChI=1S/C10H17N3O/c1-3-10(4-2,8-14)13-9-11-6-5-7-12-9/h5-7,14H,3-4,8H2,1-2H3,(H,11,12,13). The fourth-order valence-corrected chi connectivity index (χ4v) is 1.29. The number of aromatic nitrogens is 2. The molecule has 1 rings (SSSR count). The van der Waals surface area contributed by atoms with E-state index in [9.17, 15) is 5.11 Å². The summed E-state index contributed by atoms with van der Waals surface area (Å²) in [4.78, 5) is 8.15. The molecule has 4 heteroatoms. The fourth-order valence-electron chi connectivity index (χ4n) is 1.29. The highest BCUT2D eigenvalue weighted by Gasteiger charge is 2.25. The lowest BCUT2D eigenvalue weighted by atomic mass is 9.94. The first-order valence-corrected chi connectivity index (χ1v) is 4.92. The van der Waals surface area contributed by atoms with Gasteiger partial charge in [0.2, 0.25) is 5.95 Å². The molecule has 0 aromatic carbocycles. The Balaban J connectivity index is 2.74. The SMILES string of the molecule is CCC(CC)(CO)Nc1ncccn1. The van der Waals surface area contributed by atoms with Crippen LogP contribution in [0.1, 0.15) is 26.7 Å². The van der Waals surface area contributed by atoms with Crippen LogP contribution >= 0.6 is 0 Å². The van der Waals surface area contributed by atoms with Crippen molar-refractivity contribution in [3.05, 3.63) is 18.5 Å². The first-order valence-electron chi connectivity index (χ1n) is 4.92. The number of anilines is 1. The molecule has 0 saturated carbocycles. The van der Waals surface area contributed by atoms with Gasteiger partial charge in [0.05, 0.1) is 12.1 Å². The normalized spacial score (nSPS) is 11.4. The number of aliphatic hydroxyl groups is 1. The first-order chi connectivity index (χ1) is 6.76. The van der Waals surface area contributed by atoms with Crippen molar-refractivity contribution >= 4 is 5.95 Å². The van der Waals surface area contributed by atoms with Gasteiger partial charge < -0.3 is 10.4 Å². The quantitative estimate of drug-likeness (QED) is 0.746. The molecule has 14 heavy (non-hydrogen) atoms. The summed E-state index contributed by atoms with van der Waals surface area (Å²) in [5.74, 6) is 0.574. The van der Waals surface area contributed by atoms with Crippen molar-refractivity contribution in [3.63, 3.8) is 0 Å². The minimum absolute atomic E-state index is 0.0955. The zero-order chi connectivity index (χ0) is 10.4.